The molecule has 0 amide bonds. The molecule has 2 rings (SSSR count). The third-order valence-corrected chi connectivity index (χ3v) is 2.16. The molecule has 0 unspecified atom stereocenters. The van der Waals surface area contributed by atoms with E-state index < -0.39 is 5.03 Å². The number of nitrogens with zero attached hydrogens (tertiary/aromatic N) is 2. The number of rotatable bonds is 3. The van der Waals surface area contributed by atoms with Crippen molar-refractivity contribution in [2.45, 2.75) is 0 Å². The summed E-state index contributed by atoms with van der Waals surface area (Å²) in [5.41, 5.74) is 1.08. The molecule has 0 aliphatic heterocycles. The fourth-order valence-electron chi connectivity index (χ4n) is 1.48. The predicted octanol–water partition coefficient (Wildman–Crippen LogP) is 3.01. The number of benzene rings is 2. The average molecular weight is 270 g/mol. The fourth-order valence-corrected chi connectivity index (χ4v) is 1.48. The van der Waals surface area contributed by atoms with Crippen molar-refractivity contribution >= 4 is 11.4 Å². The van der Waals surface area contributed by atoms with Crippen LogP contribution in [0, 0.1) is 10.1 Å². The van der Waals surface area contributed by atoms with Crippen LogP contribution >= 0.6 is 0 Å². The molecule has 2 aromatic carbocycles. The zero-order valence-electron chi connectivity index (χ0n) is 8.84. The van der Waals surface area contributed by atoms with Crippen molar-refractivity contribution in [3.05, 3.63) is 70.8 Å². The standard InChI is InChI=1S/C12H10N2O2.Fe/c15-14(16)13(11-7-3-1-4-8-11)12-9-5-2-6-10-12;/h1-10H;. The number of anilines is 2. The van der Waals surface area contributed by atoms with Gasteiger partial charge in [0.15, 0.2) is 5.03 Å². The van der Waals surface area contributed by atoms with Crippen LogP contribution in [0.15, 0.2) is 60.7 Å². The van der Waals surface area contributed by atoms with Crippen LogP contribution in [-0.4, -0.2) is 5.03 Å². The van der Waals surface area contributed by atoms with Gasteiger partial charge in [-0.1, -0.05) is 41.4 Å². The van der Waals surface area contributed by atoms with Gasteiger partial charge in [-0.2, -0.15) is 0 Å². The van der Waals surface area contributed by atoms with Crippen LogP contribution < -0.4 is 5.01 Å². The summed E-state index contributed by atoms with van der Waals surface area (Å²) < 4.78 is 0. The summed E-state index contributed by atoms with van der Waals surface area (Å²) >= 11 is 0. The Kier molecular flexibility index (Phi) is 4.69. The molecule has 4 nitrogen and oxygen atoms in total. The van der Waals surface area contributed by atoms with Gasteiger partial charge in [0.25, 0.3) is 0 Å². The van der Waals surface area contributed by atoms with Crippen molar-refractivity contribution in [2.75, 3.05) is 5.01 Å². The molecule has 0 saturated heterocycles. The molecule has 0 heterocycles. The van der Waals surface area contributed by atoms with E-state index in [1.54, 1.807) is 48.5 Å². The number of hydrogen-bond donors (Lipinski definition) is 0. The molecule has 0 bridgehead atoms. The Morgan fingerprint density at radius 2 is 1.18 bits per heavy atom. The van der Waals surface area contributed by atoms with Crippen molar-refractivity contribution in [2.24, 2.45) is 0 Å². The summed E-state index contributed by atoms with van der Waals surface area (Å²) in [7, 11) is 0. The third kappa shape index (κ3) is 3.06. The maximum Gasteiger partial charge on any atom is 0.170 e. The Morgan fingerprint density at radius 3 is 1.47 bits per heavy atom. The second-order valence-electron chi connectivity index (χ2n) is 3.22. The van der Waals surface area contributed by atoms with E-state index >= 15 is 0 Å². The first-order valence-corrected chi connectivity index (χ1v) is 4.83. The second-order valence-corrected chi connectivity index (χ2v) is 3.22. The first kappa shape index (κ1) is 13.2. The third-order valence-electron chi connectivity index (χ3n) is 2.16. The van der Waals surface area contributed by atoms with Crippen LogP contribution in [0.4, 0.5) is 11.4 Å². The van der Waals surface area contributed by atoms with Crippen LogP contribution in [0.5, 0.6) is 0 Å². The Hall–Kier alpha value is -1.84. The zero-order valence-corrected chi connectivity index (χ0v) is 9.94. The molecule has 0 aromatic heterocycles. The van der Waals surface area contributed by atoms with E-state index in [9.17, 15) is 10.1 Å². The minimum Gasteiger partial charge on any atom is -0.234 e. The van der Waals surface area contributed by atoms with Crippen molar-refractivity contribution in [1.29, 1.82) is 0 Å². The first-order valence-electron chi connectivity index (χ1n) is 4.83. The van der Waals surface area contributed by atoms with E-state index in [1.807, 2.05) is 12.1 Å². The van der Waals surface area contributed by atoms with Crippen molar-refractivity contribution in [3.63, 3.8) is 0 Å². The summed E-state index contributed by atoms with van der Waals surface area (Å²) in [5.74, 6) is 0. The molecule has 0 fully saturated rings. The van der Waals surface area contributed by atoms with Crippen LogP contribution in [-0.2, 0) is 17.1 Å². The van der Waals surface area contributed by atoms with Crippen molar-refractivity contribution in [3.8, 4) is 0 Å². The molecule has 0 aliphatic rings. The summed E-state index contributed by atoms with van der Waals surface area (Å²) in [6.07, 6.45) is 0. The second kappa shape index (κ2) is 6.03. The molecular weight excluding hydrogens is 260 g/mol. The van der Waals surface area contributed by atoms with Gasteiger partial charge in [0, 0.05) is 17.1 Å². The van der Waals surface area contributed by atoms with Gasteiger partial charge in [-0.3, -0.25) is 0 Å². The van der Waals surface area contributed by atoms with Crippen LogP contribution in [0.3, 0.4) is 0 Å². The Morgan fingerprint density at radius 1 is 0.824 bits per heavy atom. The first-order chi connectivity index (χ1) is 7.79. The van der Waals surface area contributed by atoms with Crippen LogP contribution in [0.2, 0.25) is 0 Å². The topological polar surface area (TPSA) is 46.4 Å². The van der Waals surface area contributed by atoms with Gasteiger partial charge in [0.1, 0.15) is 11.4 Å². The van der Waals surface area contributed by atoms with Crippen molar-refractivity contribution in [1.82, 2.24) is 0 Å². The molecule has 5 heteroatoms. The maximum atomic E-state index is 11.0. The molecular formula is C12H10FeN2O2. The summed E-state index contributed by atoms with van der Waals surface area (Å²) in [4.78, 5) is 11.0. The van der Waals surface area contributed by atoms with Gasteiger partial charge in [-0.25, -0.2) is 10.1 Å². The largest absolute Gasteiger partial charge is 0.234 e. The molecule has 88 valence electrons. The minimum atomic E-state index is -0.426. The molecule has 0 saturated carbocycles. The summed E-state index contributed by atoms with van der Waals surface area (Å²) in [6, 6.07) is 17.6. The van der Waals surface area contributed by atoms with Crippen LogP contribution in [0.1, 0.15) is 0 Å². The van der Waals surface area contributed by atoms with Gasteiger partial charge in [-0.05, 0) is 24.3 Å². The Labute approximate surface area is 109 Å². The Balaban J connectivity index is 0.00000144. The number of para-hydroxylation sites is 2. The van der Waals surface area contributed by atoms with Crippen molar-refractivity contribution < 1.29 is 22.1 Å². The zero-order chi connectivity index (χ0) is 11.4. The molecule has 0 atom stereocenters. The van der Waals surface area contributed by atoms with E-state index in [0.717, 1.165) is 5.01 Å². The number of hydrogen-bond acceptors (Lipinski definition) is 2. The Bertz CT molecular complexity index is 437. The van der Waals surface area contributed by atoms with Gasteiger partial charge in [0.2, 0.25) is 0 Å². The fraction of sp³-hybridized carbons (Fsp3) is 0. The number of nitro groups is 1. The quantitative estimate of drug-likeness (QED) is 0.489. The van der Waals surface area contributed by atoms with E-state index in [0.29, 0.717) is 11.4 Å². The number of hydrazine groups is 1. The molecule has 0 aliphatic carbocycles. The van der Waals surface area contributed by atoms with E-state index in [-0.39, 0.29) is 17.1 Å². The van der Waals surface area contributed by atoms with E-state index in [4.69, 9.17) is 0 Å². The average Bonchev–Trinajstić information content (AvgIpc) is 2.31. The molecule has 0 spiro atoms. The molecule has 0 radical (unpaired) electrons. The normalized spacial score (nSPS) is 9.18. The SMILES string of the molecule is O=[N+]([O-])N(c1ccccc1)c1ccccc1.[Fe]. The maximum absolute atomic E-state index is 11.0. The van der Waals surface area contributed by atoms with Crippen LogP contribution in [0.25, 0.3) is 0 Å². The minimum absolute atomic E-state index is 0. The molecule has 0 N–H and O–H groups in total. The predicted molar refractivity (Wildman–Crippen MR) is 62.0 cm³/mol. The van der Waals surface area contributed by atoms with Gasteiger partial charge < -0.3 is 0 Å². The molecule has 2 aromatic rings. The van der Waals surface area contributed by atoms with E-state index in [1.165, 1.54) is 0 Å². The monoisotopic (exact) mass is 270 g/mol. The summed E-state index contributed by atoms with van der Waals surface area (Å²) in [5, 5.41) is 11.7. The van der Waals surface area contributed by atoms with E-state index in [2.05, 4.69) is 0 Å². The molecule has 17 heavy (non-hydrogen) atoms. The van der Waals surface area contributed by atoms with Gasteiger partial charge in [0.05, 0.1) is 0 Å². The van der Waals surface area contributed by atoms with Gasteiger partial charge >= 0.3 is 0 Å². The smallest absolute Gasteiger partial charge is 0.170 e. The van der Waals surface area contributed by atoms with Gasteiger partial charge in [-0.15, -0.1) is 0 Å². The summed E-state index contributed by atoms with van der Waals surface area (Å²) in [6.45, 7) is 0.